The summed E-state index contributed by atoms with van der Waals surface area (Å²) in [5, 5.41) is 12.3. The maximum absolute atomic E-state index is 11.4. The fraction of sp³-hybridized carbons (Fsp3) is 0.556. The van der Waals surface area contributed by atoms with Gasteiger partial charge in [0.15, 0.2) is 0 Å². The van der Waals surface area contributed by atoms with Gasteiger partial charge in [0, 0.05) is 19.4 Å². The van der Waals surface area contributed by atoms with Gasteiger partial charge in [-0.15, -0.1) is 10.2 Å². The molecule has 0 unspecified atom stereocenters. The molecule has 86 valence electrons. The molecule has 0 radical (unpaired) electrons. The number of rotatable bonds is 4. The van der Waals surface area contributed by atoms with Gasteiger partial charge in [0.2, 0.25) is 16.9 Å². The van der Waals surface area contributed by atoms with Gasteiger partial charge in [-0.2, -0.15) is 0 Å². The highest BCUT2D eigenvalue weighted by Gasteiger charge is 2.29. The molecule has 1 fully saturated rings. The van der Waals surface area contributed by atoms with E-state index >= 15 is 0 Å². The summed E-state index contributed by atoms with van der Waals surface area (Å²) >= 11 is 1.37. The van der Waals surface area contributed by atoms with Crippen LogP contribution < -0.4 is 5.32 Å². The third kappa shape index (κ3) is 2.19. The molecule has 1 aromatic heterocycles. The van der Waals surface area contributed by atoms with E-state index in [0.717, 1.165) is 11.7 Å². The number of carbonyl (C=O) groups excluding carboxylic acids is 2. The Balaban J connectivity index is 2.02. The zero-order valence-electron chi connectivity index (χ0n) is 8.89. The number of anilines is 1. The van der Waals surface area contributed by atoms with Gasteiger partial charge in [-0.05, 0) is 6.92 Å². The van der Waals surface area contributed by atoms with E-state index in [4.69, 9.17) is 0 Å². The van der Waals surface area contributed by atoms with Crippen molar-refractivity contribution in [1.82, 2.24) is 15.1 Å². The van der Waals surface area contributed by atoms with Crippen LogP contribution in [-0.4, -0.2) is 33.5 Å². The first-order chi connectivity index (χ1) is 7.70. The number of aromatic nitrogens is 2. The van der Waals surface area contributed by atoms with Crippen molar-refractivity contribution in [2.24, 2.45) is 0 Å². The zero-order valence-corrected chi connectivity index (χ0v) is 9.71. The molecule has 1 N–H and O–H groups in total. The Labute approximate surface area is 96.7 Å². The van der Waals surface area contributed by atoms with Gasteiger partial charge < -0.3 is 5.32 Å². The first kappa shape index (κ1) is 11.0. The van der Waals surface area contributed by atoms with Crippen LogP contribution in [-0.2, 0) is 16.1 Å². The normalized spacial score (nSPS) is 15.9. The summed E-state index contributed by atoms with van der Waals surface area (Å²) in [5.74, 6) is -0.240. The van der Waals surface area contributed by atoms with Crippen molar-refractivity contribution >= 4 is 28.3 Å². The number of nitrogens with zero attached hydrogens (tertiary/aromatic N) is 3. The molecule has 1 saturated heterocycles. The van der Waals surface area contributed by atoms with Crippen molar-refractivity contribution in [3.8, 4) is 0 Å². The van der Waals surface area contributed by atoms with Crippen LogP contribution >= 0.6 is 11.3 Å². The molecule has 0 saturated carbocycles. The average Bonchev–Trinajstić information content (AvgIpc) is 2.81. The summed E-state index contributed by atoms with van der Waals surface area (Å²) < 4.78 is 0. The fourth-order valence-corrected chi connectivity index (χ4v) is 2.27. The number of amides is 2. The summed E-state index contributed by atoms with van der Waals surface area (Å²) in [6, 6.07) is 0. The largest absolute Gasteiger partial charge is 0.360 e. The summed E-state index contributed by atoms with van der Waals surface area (Å²) in [5.41, 5.74) is 0. The Morgan fingerprint density at radius 1 is 1.31 bits per heavy atom. The third-order valence-electron chi connectivity index (χ3n) is 2.24. The van der Waals surface area contributed by atoms with Crippen LogP contribution in [0.3, 0.4) is 0 Å². The first-order valence-electron chi connectivity index (χ1n) is 5.10. The van der Waals surface area contributed by atoms with Gasteiger partial charge in [0.25, 0.3) is 0 Å². The molecule has 0 aliphatic carbocycles. The maximum atomic E-state index is 11.4. The minimum Gasteiger partial charge on any atom is -0.360 e. The predicted octanol–water partition coefficient (Wildman–Crippen LogP) is 0.619. The summed E-state index contributed by atoms with van der Waals surface area (Å²) in [6.07, 6.45) is 0.634. The second kappa shape index (κ2) is 4.56. The molecule has 0 bridgehead atoms. The Bertz CT molecular complexity index is 401. The SMILES string of the molecule is CCNc1nnc(CN2C(=O)CCC2=O)s1. The van der Waals surface area contributed by atoms with Crippen molar-refractivity contribution in [3.63, 3.8) is 0 Å². The summed E-state index contributed by atoms with van der Waals surface area (Å²) in [4.78, 5) is 24.0. The van der Waals surface area contributed by atoms with Crippen molar-refractivity contribution in [3.05, 3.63) is 5.01 Å². The van der Waals surface area contributed by atoms with Crippen molar-refractivity contribution in [2.45, 2.75) is 26.3 Å². The van der Waals surface area contributed by atoms with Gasteiger partial charge in [-0.3, -0.25) is 14.5 Å². The lowest BCUT2D eigenvalue weighted by molar-refractivity contribution is -0.139. The van der Waals surface area contributed by atoms with E-state index in [1.165, 1.54) is 16.2 Å². The van der Waals surface area contributed by atoms with Crippen LogP contribution in [0, 0.1) is 0 Å². The fourth-order valence-electron chi connectivity index (χ4n) is 1.47. The Morgan fingerprint density at radius 2 is 2.00 bits per heavy atom. The monoisotopic (exact) mass is 240 g/mol. The number of hydrogen-bond acceptors (Lipinski definition) is 6. The molecule has 2 heterocycles. The lowest BCUT2D eigenvalue weighted by Gasteiger charge is -2.10. The van der Waals surface area contributed by atoms with Gasteiger partial charge >= 0.3 is 0 Å². The first-order valence-corrected chi connectivity index (χ1v) is 5.91. The van der Waals surface area contributed by atoms with E-state index in [1.807, 2.05) is 6.92 Å². The van der Waals surface area contributed by atoms with E-state index in [9.17, 15) is 9.59 Å². The van der Waals surface area contributed by atoms with Crippen molar-refractivity contribution < 1.29 is 9.59 Å². The minimum atomic E-state index is -0.120. The van der Waals surface area contributed by atoms with Crippen molar-refractivity contribution in [2.75, 3.05) is 11.9 Å². The Hall–Kier alpha value is -1.50. The molecule has 7 heteroatoms. The zero-order chi connectivity index (χ0) is 11.5. The minimum absolute atomic E-state index is 0.120. The van der Waals surface area contributed by atoms with Crippen LogP contribution in [0.1, 0.15) is 24.8 Å². The van der Waals surface area contributed by atoms with E-state index in [1.54, 1.807) is 0 Å². The van der Waals surface area contributed by atoms with E-state index < -0.39 is 0 Å². The second-order valence-electron chi connectivity index (χ2n) is 3.40. The number of imide groups is 1. The van der Waals surface area contributed by atoms with E-state index in [2.05, 4.69) is 15.5 Å². The van der Waals surface area contributed by atoms with Crippen LogP contribution in [0.15, 0.2) is 0 Å². The van der Waals surface area contributed by atoms with Gasteiger partial charge in [-0.25, -0.2) is 0 Å². The highest BCUT2D eigenvalue weighted by Crippen LogP contribution is 2.20. The van der Waals surface area contributed by atoms with Crippen LogP contribution in [0.5, 0.6) is 0 Å². The molecular formula is C9H12N4O2S. The van der Waals surface area contributed by atoms with E-state index in [0.29, 0.717) is 17.8 Å². The number of likely N-dealkylation sites (tertiary alicyclic amines) is 1. The number of nitrogens with one attached hydrogen (secondary N) is 1. The molecule has 1 aliphatic rings. The molecule has 0 aromatic carbocycles. The smallest absolute Gasteiger partial charge is 0.230 e. The molecule has 1 aromatic rings. The van der Waals surface area contributed by atoms with Crippen LogP contribution in [0.4, 0.5) is 5.13 Å². The third-order valence-corrected chi connectivity index (χ3v) is 3.11. The summed E-state index contributed by atoms with van der Waals surface area (Å²) in [6.45, 7) is 2.99. The molecule has 0 atom stereocenters. The number of hydrogen-bond donors (Lipinski definition) is 1. The molecule has 16 heavy (non-hydrogen) atoms. The number of carbonyl (C=O) groups is 2. The van der Waals surface area contributed by atoms with Crippen LogP contribution in [0.25, 0.3) is 0 Å². The van der Waals surface area contributed by atoms with Gasteiger partial charge in [0.05, 0.1) is 6.54 Å². The standard InChI is InChI=1S/C9H12N4O2S/c1-2-10-9-12-11-6(16-9)5-13-7(14)3-4-8(13)15/h2-5H2,1H3,(H,10,12). The molecule has 2 rings (SSSR count). The molecule has 6 nitrogen and oxygen atoms in total. The van der Waals surface area contributed by atoms with Gasteiger partial charge in [0.1, 0.15) is 5.01 Å². The molecular weight excluding hydrogens is 228 g/mol. The molecule has 0 spiro atoms. The predicted molar refractivity (Wildman–Crippen MR) is 58.9 cm³/mol. The lowest BCUT2D eigenvalue weighted by Crippen LogP contribution is -2.28. The van der Waals surface area contributed by atoms with Gasteiger partial charge in [-0.1, -0.05) is 11.3 Å². The van der Waals surface area contributed by atoms with Crippen LogP contribution in [0.2, 0.25) is 0 Å². The highest BCUT2D eigenvalue weighted by molar-refractivity contribution is 7.15. The average molecular weight is 240 g/mol. The molecule has 1 aliphatic heterocycles. The lowest BCUT2D eigenvalue weighted by atomic mass is 10.4. The van der Waals surface area contributed by atoms with E-state index in [-0.39, 0.29) is 18.4 Å². The second-order valence-corrected chi connectivity index (χ2v) is 4.47. The Morgan fingerprint density at radius 3 is 2.62 bits per heavy atom. The Kier molecular flexibility index (Phi) is 3.14. The van der Waals surface area contributed by atoms with Crippen molar-refractivity contribution in [1.29, 1.82) is 0 Å². The topological polar surface area (TPSA) is 75.2 Å². The maximum Gasteiger partial charge on any atom is 0.230 e. The summed E-state index contributed by atoms with van der Waals surface area (Å²) in [7, 11) is 0. The highest BCUT2D eigenvalue weighted by atomic mass is 32.1. The molecule has 2 amide bonds. The quantitative estimate of drug-likeness (QED) is 0.781.